The molecule has 0 saturated heterocycles. The maximum atomic E-state index is 11.7. The Morgan fingerprint density at radius 3 is 3.33 bits per heavy atom. The van der Waals surface area contributed by atoms with Crippen molar-refractivity contribution in [3.8, 4) is 0 Å². The van der Waals surface area contributed by atoms with Crippen LogP contribution in [0.5, 0.6) is 0 Å². The smallest absolute Gasteiger partial charge is 0.259 e. The van der Waals surface area contributed by atoms with Crippen LogP contribution >= 0.6 is 11.3 Å². The van der Waals surface area contributed by atoms with E-state index < -0.39 is 0 Å². The molecule has 0 spiro atoms. The highest BCUT2D eigenvalue weighted by Crippen LogP contribution is 2.39. The van der Waals surface area contributed by atoms with Crippen molar-refractivity contribution >= 4 is 21.6 Å². The Kier molecular flexibility index (Phi) is 1.92. The number of H-pyrrole nitrogens is 1. The molecule has 0 aliphatic heterocycles. The second-order valence-corrected chi connectivity index (χ2v) is 5.18. The highest BCUT2D eigenvalue weighted by molar-refractivity contribution is 7.18. The van der Waals surface area contributed by atoms with E-state index >= 15 is 0 Å². The van der Waals surface area contributed by atoms with Crippen molar-refractivity contribution in [2.75, 3.05) is 0 Å². The third-order valence-electron chi connectivity index (χ3n) is 3.14. The normalized spacial score (nSPS) is 20.5. The van der Waals surface area contributed by atoms with Gasteiger partial charge in [-0.1, -0.05) is 6.92 Å². The van der Waals surface area contributed by atoms with Crippen LogP contribution in [0.3, 0.4) is 0 Å². The Bertz CT molecular complexity index is 569. The predicted octanol–water partition coefficient (Wildman–Crippen LogP) is 2.42. The van der Waals surface area contributed by atoms with Crippen LogP contribution in [-0.2, 0) is 6.42 Å². The van der Waals surface area contributed by atoms with E-state index in [0.717, 1.165) is 16.6 Å². The zero-order chi connectivity index (χ0) is 10.4. The molecule has 2 heterocycles. The quantitative estimate of drug-likeness (QED) is 0.741. The number of fused-ring (bicyclic) bond motifs is 3. The number of nitrogens with zero attached hydrogens (tertiary/aromatic N) is 1. The molecule has 0 bridgehead atoms. The highest BCUT2D eigenvalue weighted by Gasteiger charge is 2.23. The van der Waals surface area contributed by atoms with Gasteiger partial charge in [0.2, 0.25) is 0 Å². The lowest BCUT2D eigenvalue weighted by Crippen LogP contribution is -2.09. The predicted molar refractivity (Wildman–Crippen MR) is 61.6 cm³/mol. The second kappa shape index (κ2) is 3.17. The van der Waals surface area contributed by atoms with E-state index in [4.69, 9.17) is 0 Å². The summed E-state index contributed by atoms with van der Waals surface area (Å²) < 4.78 is 0. The van der Waals surface area contributed by atoms with Crippen LogP contribution in [0.2, 0.25) is 0 Å². The van der Waals surface area contributed by atoms with Gasteiger partial charge in [-0.2, -0.15) is 0 Å². The minimum absolute atomic E-state index is 0.0200. The van der Waals surface area contributed by atoms with Crippen molar-refractivity contribution in [2.45, 2.75) is 32.1 Å². The first-order valence-corrected chi connectivity index (χ1v) is 6.08. The molecule has 2 aromatic rings. The number of aromatic nitrogens is 2. The number of hydrogen-bond donors (Lipinski definition) is 1. The minimum Gasteiger partial charge on any atom is -0.313 e. The molecule has 1 unspecified atom stereocenters. The summed E-state index contributed by atoms with van der Waals surface area (Å²) in [6.07, 6.45) is 4.96. The van der Waals surface area contributed by atoms with Crippen molar-refractivity contribution in [1.82, 2.24) is 9.97 Å². The number of aromatic amines is 1. The van der Waals surface area contributed by atoms with Crippen LogP contribution < -0.4 is 5.56 Å². The van der Waals surface area contributed by atoms with Gasteiger partial charge in [0.05, 0.1) is 11.7 Å². The SMILES string of the molecule is CC1CCCc2c1sc1nc[nH]c(=O)c21. The molecule has 0 aromatic carbocycles. The molecule has 1 atom stereocenters. The van der Waals surface area contributed by atoms with Crippen molar-refractivity contribution in [3.05, 3.63) is 27.1 Å². The summed E-state index contributed by atoms with van der Waals surface area (Å²) in [5.74, 6) is 0.590. The molecule has 2 aromatic heterocycles. The van der Waals surface area contributed by atoms with Gasteiger partial charge >= 0.3 is 0 Å². The number of nitrogens with one attached hydrogen (secondary N) is 1. The van der Waals surface area contributed by atoms with Crippen LogP contribution in [0.15, 0.2) is 11.1 Å². The highest BCUT2D eigenvalue weighted by atomic mass is 32.1. The first kappa shape index (κ1) is 9.09. The van der Waals surface area contributed by atoms with Gasteiger partial charge in [0, 0.05) is 4.88 Å². The van der Waals surface area contributed by atoms with Crippen LogP contribution in [0.25, 0.3) is 10.2 Å². The lowest BCUT2D eigenvalue weighted by atomic mass is 9.90. The Labute approximate surface area is 91.2 Å². The standard InChI is InChI=1S/C11H12N2OS/c1-6-3-2-4-7-8-10(14)12-5-13-11(8)15-9(6)7/h5-6H,2-4H2,1H3,(H,12,13,14). The molecular formula is C11H12N2OS. The summed E-state index contributed by atoms with van der Waals surface area (Å²) in [5.41, 5.74) is 1.27. The van der Waals surface area contributed by atoms with Crippen molar-refractivity contribution < 1.29 is 0 Å². The maximum absolute atomic E-state index is 11.7. The molecule has 1 N–H and O–H groups in total. The van der Waals surface area contributed by atoms with Gasteiger partial charge in [0.25, 0.3) is 5.56 Å². The average Bonchev–Trinajstić information content (AvgIpc) is 2.59. The van der Waals surface area contributed by atoms with E-state index in [1.54, 1.807) is 11.3 Å². The molecule has 0 radical (unpaired) electrons. The molecule has 3 rings (SSSR count). The molecule has 15 heavy (non-hydrogen) atoms. The fourth-order valence-corrected chi connectivity index (χ4v) is 3.66. The molecule has 0 fully saturated rings. The number of hydrogen-bond acceptors (Lipinski definition) is 3. The summed E-state index contributed by atoms with van der Waals surface area (Å²) in [5, 5.41) is 0.837. The van der Waals surface area contributed by atoms with Gasteiger partial charge in [-0.25, -0.2) is 4.98 Å². The lowest BCUT2D eigenvalue weighted by Gasteiger charge is -2.17. The number of rotatable bonds is 0. The van der Waals surface area contributed by atoms with E-state index in [-0.39, 0.29) is 5.56 Å². The van der Waals surface area contributed by atoms with E-state index in [0.29, 0.717) is 5.92 Å². The summed E-state index contributed by atoms with van der Waals surface area (Å²) in [6.45, 7) is 2.24. The zero-order valence-electron chi connectivity index (χ0n) is 8.54. The molecule has 1 aliphatic carbocycles. The van der Waals surface area contributed by atoms with Gasteiger partial charge in [-0.15, -0.1) is 11.3 Å². The van der Waals surface area contributed by atoms with Crippen molar-refractivity contribution in [1.29, 1.82) is 0 Å². The Morgan fingerprint density at radius 1 is 1.60 bits per heavy atom. The van der Waals surface area contributed by atoms with Crippen molar-refractivity contribution in [3.63, 3.8) is 0 Å². The van der Waals surface area contributed by atoms with E-state index in [9.17, 15) is 4.79 Å². The molecule has 0 saturated carbocycles. The molecule has 78 valence electrons. The summed E-state index contributed by atoms with van der Waals surface area (Å²) in [4.78, 5) is 20.9. The summed E-state index contributed by atoms with van der Waals surface area (Å²) in [6, 6.07) is 0. The molecule has 4 heteroatoms. The van der Waals surface area contributed by atoms with Crippen LogP contribution in [0, 0.1) is 0 Å². The maximum Gasteiger partial charge on any atom is 0.259 e. The minimum atomic E-state index is 0.0200. The van der Waals surface area contributed by atoms with Gasteiger partial charge in [0.15, 0.2) is 0 Å². The topological polar surface area (TPSA) is 45.8 Å². The summed E-state index contributed by atoms with van der Waals surface area (Å²) in [7, 11) is 0. The van der Waals surface area contributed by atoms with E-state index in [1.807, 2.05) is 0 Å². The largest absolute Gasteiger partial charge is 0.313 e. The van der Waals surface area contributed by atoms with E-state index in [2.05, 4.69) is 16.9 Å². The van der Waals surface area contributed by atoms with Crippen LogP contribution in [0.4, 0.5) is 0 Å². The van der Waals surface area contributed by atoms with E-state index in [1.165, 1.54) is 29.6 Å². The van der Waals surface area contributed by atoms with Crippen LogP contribution in [-0.4, -0.2) is 9.97 Å². The first-order valence-electron chi connectivity index (χ1n) is 5.26. The third-order valence-corrected chi connectivity index (χ3v) is 4.51. The molecule has 1 aliphatic rings. The van der Waals surface area contributed by atoms with Gasteiger partial charge in [0.1, 0.15) is 4.83 Å². The second-order valence-electron chi connectivity index (χ2n) is 4.15. The Hall–Kier alpha value is -1.16. The number of thiophene rings is 1. The fraction of sp³-hybridized carbons (Fsp3) is 0.455. The first-order chi connectivity index (χ1) is 7.27. The average molecular weight is 220 g/mol. The van der Waals surface area contributed by atoms with Crippen molar-refractivity contribution in [2.24, 2.45) is 0 Å². The van der Waals surface area contributed by atoms with Gasteiger partial charge in [-0.3, -0.25) is 4.79 Å². The fourth-order valence-electron chi connectivity index (χ4n) is 2.38. The monoisotopic (exact) mass is 220 g/mol. The summed E-state index contributed by atoms with van der Waals surface area (Å²) >= 11 is 1.69. The van der Waals surface area contributed by atoms with Crippen LogP contribution in [0.1, 0.15) is 36.1 Å². The molecular weight excluding hydrogens is 208 g/mol. The molecule has 0 amide bonds. The lowest BCUT2D eigenvalue weighted by molar-refractivity contribution is 0.604. The van der Waals surface area contributed by atoms with Gasteiger partial charge < -0.3 is 4.98 Å². The number of aryl methyl sites for hydroxylation is 1. The Morgan fingerprint density at radius 2 is 2.47 bits per heavy atom. The molecule has 3 nitrogen and oxygen atoms in total. The van der Waals surface area contributed by atoms with Gasteiger partial charge in [-0.05, 0) is 30.7 Å². The Balaban J connectivity index is 2.42. The third kappa shape index (κ3) is 1.24. The zero-order valence-corrected chi connectivity index (χ0v) is 9.36.